The van der Waals surface area contributed by atoms with Gasteiger partial charge >= 0.3 is 0 Å². The van der Waals surface area contributed by atoms with Gasteiger partial charge in [-0.15, -0.1) is 0 Å². The Kier molecular flexibility index (Phi) is 7.02. The summed E-state index contributed by atoms with van der Waals surface area (Å²) in [5.74, 6) is 4.78. The maximum absolute atomic E-state index is 7.25. The Morgan fingerprint density at radius 1 is 0.727 bits per heavy atom. The molecule has 3 aliphatic heterocycles. The highest BCUT2D eigenvalue weighted by Crippen LogP contribution is 2.67. The number of hydrogen-bond donors (Lipinski definition) is 0. The van der Waals surface area contributed by atoms with Crippen molar-refractivity contribution in [1.82, 2.24) is 15.0 Å². The number of ether oxygens (including phenoxy) is 1. The summed E-state index contributed by atoms with van der Waals surface area (Å²) in [6, 6.07) is 26.2. The third-order valence-electron chi connectivity index (χ3n) is 13.1. The maximum Gasteiger partial charge on any atom is 0.167 e. The zero-order chi connectivity index (χ0) is 37.1. The van der Waals surface area contributed by atoms with Crippen LogP contribution in [0.4, 0.5) is 5.69 Å². The molecule has 0 fully saturated rings. The normalized spacial score (nSPS) is 28.1. The summed E-state index contributed by atoms with van der Waals surface area (Å²) in [4.78, 5) is 18.4. The third kappa shape index (κ3) is 4.50. The summed E-state index contributed by atoms with van der Waals surface area (Å²) in [6.07, 6.45) is 24.4. The number of para-hydroxylation sites is 2. The van der Waals surface area contributed by atoms with Crippen molar-refractivity contribution in [3.8, 4) is 17.1 Å². The van der Waals surface area contributed by atoms with E-state index in [1.807, 2.05) is 6.07 Å². The van der Waals surface area contributed by atoms with Crippen molar-refractivity contribution in [2.24, 2.45) is 17.8 Å². The van der Waals surface area contributed by atoms with E-state index >= 15 is 0 Å². The quantitative estimate of drug-likeness (QED) is 0.211. The highest BCUT2D eigenvalue weighted by Gasteiger charge is 2.58. The molecule has 0 saturated heterocycles. The highest BCUT2D eigenvalue weighted by molar-refractivity contribution is 5.90. The minimum Gasteiger partial charge on any atom is -0.456 e. The molecule has 1 spiro atoms. The number of rotatable bonds is 3. The fourth-order valence-electron chi connectivity index (χ4n) is 10.6. The van der Waals surface area contributed by atoms with Crippen LogP contribution in [0.15, 0.2) is 156 Å². The molecular weight excluding hydrogens is 673 g/mol. The van der Waals surface area contributed by atoms with Gasteiger partial charge in [0.15, 0.2) is 17.5 Å². The second-order valence-electron chi connectivity index (χ2n) is 16.7. The van der Waals surface area contributed by atoms with Gasteiger partial charge in [-0.2, -0.15) is 0 Å². The summed E-state index contributed by atoms with van der Waals surface area (Å²) < 4.78 is 7.25. The fourth-order valence-corrected chi connectivity index (χ4v) is 10.6. The van der Waals surface area contributed by atoms with Gasteiger partial charge in [-0.1, -0.05) is 130 Å². The molecule has 5 unspecified atom stereocenters. The van der Waals surface area contributed by atoms with Gasteiger partial charge in [-0.3, -0.25) is 0 Å². The first kappa shape index (κ1) is 32.6. The molecule has 1 aromatic heterocycles. The number of benzene rings is 3. The van der Waals surface area contributed by atoms with Crippen LogP contribution in [0.1, 0.15) is 81.7 Å². The first-order valence-corrected chi connectivity index (χ1v) is 20.0. The molecule has 55 heavy (non-hydrogen) atoms. The zero-order valence-corrected chi connectivity index (χ0v) is 31.9. The standard InChI is InChI=1S/C50H44N4O/c1-30-24-25-41-39(28-30)50(38-21-14-20-37-44(38)54(41)43-23-12-13-26-49(37,43)4)36-19-10-11-22-42(36)55-45-35(27-31(2)29-40(45)50)48-52-46(33-16-6-5-7-17-33)51-47(53-48)34-18-9-8-15-32(34)3/h5-14,16-25,27,30-32H,15,26,28-29H2,1-4H3. The topological polar surface area (TPSA) is 51.1 Å². The average Bonchev–Trinajstić information content (AvgIpc) is 3.48. The lowest BCUT2D eigenvalue weighted by Gasteiger charge is -2.52. The Balaban J connectivity index is 1.22. The van der Waals surface area contributed by atoms with Crippen LogP contribution >= 0.6 is 0 Å². The van der Waals surface area contributed by atoms with E-state index in [-0.39, 0.29) is 11.3 Å². The molecule has 5 heteroatoms. The van der Waals surface area contributed by atoms with Crippen LogP contribution in [0.2, 0.25) is 0 Å². The number of nitrogens with zero attached hydrogens (tertiary/aromatic N) is 4. The molecule has 3 aromatic carbocycles. The number of anilines is 1. The predicted octanol–water partition coefficient (Wildman–Crippen LogP) is 11.4. The van der Waals surface area contributed by atoms with E-state index < -0.39 is 5.41 Å². The Labute approximate surface area is 323 Å². The van der Waals surface area contributed by atoms with Gasteiger partial charge in [0.25, 0.3) is 0 Å². The Morgan fingerprint density at radius 3 is 2.35 bits per heavy atom. The van der Waals surface area contributed by atoms with Crippen molar-refractivity contribution in [2.45, 2.75) is 64.2 Å². The second kappa shape index (κ2) is 11.8. The molecule has 7 aliphatic rings. The monoisotopic (exact) mass is 716 g/mol. The van der Waals surface area contributed by atoms with E-state index in [4.69, 9.17) is 19.7 Å². The molecule has 11 rings (SSSR count). The van der Waals surface area contributed by atoms with E-state index in [0.29, 0.717) is 23.5 Å². The third-order valence-corrected chi connectivity index (χ3v) is 13.1. The lowest BCUT2D eigenvalue weighted by atomic mass is 9.56. The molecule has 4 aliphatic carbocycles. The molecule has 270 valence electrons. The van der Waals surface area contributed by atoms with Gasteiger partial charge in [0.05, 0.1) is 16.7 Å². The summed E-state index contributed by atoms with van der Waals surface area (Å²) in [5.41, 5.74) is 13.2. The SMILES string of the molecule is CC1C=C(c2nc(C3=CC=CCC3C)nc(-c3ccccc3)n2)C2=C(C1)C1(C3=C(C=CC(C)C3)N3C4=CC=CCC4(C)c4cccc1c43)c1ccccc1O2. The van der Waals surface area contributed by atoms with E-state index in [2.05, 4.69) is 154 Å². The van der Waals surface area contributed by atoms with E-state index in [1.54, 1.807) is 0 Å². The molecule has 0 bridgehead atoms. The first-order valence-electron chi connectivity index (χ1n) is 20.0. The Morgan fingerprint density at radius 2 is 1.47 bits per heavy atom. The van der Waals surface area contributed by atoms with Crippen LogP contribution in [-0.4, -0.2) is 15.0 Å². The van der Waals surface area contributed by atoms with Crippen molar-refractivity contribution in [3.63, 3.8) is 0 Å². The van der Waals surface area contributed by atoms with E-state index in [1.165, 1.54) is 44.9 Å². The van der Waals surface area contributed by atoms with Gasteiger partial charge in [-0.05, 0) is 90.9 Å². The molecule has 0 amide bonds. The average molecular weight is 717 g/mol. The smallest absolute Gasteiger partial charge is 0.167 e. The number of aromatic nitrogens is 3. The number of hydrogen-bond acceptors (Lipinski definition) is 5. The van der Waals surface area contributed by atoms with Gasteiger partial charge in [0, 0.05) is 33.5 Å². The summed E-state index contributed by atoms with van der Waals surface area (Å²) >= 11 is 0. The molecule has 0 saturated carbocycles. The summed E-state index contributed by atoms with van der Waals surface area (Å²) in [6.45, 7) is 9.39. The molecule has 5 atom stereocenters. The first-order chi connectivity index (χ1) is 26.9. The summed E-state index contributed by atoms with van der Waals surface area (Å²) in [7, 11) is 0. The Bertz CT molecular complexity index is 2600. The predicted molar refractivity (Wildman–Crippen MR) is 221 cm³/mol. The molecular formula is C50H44N4O. The lowest BCUT2D eigenvalue weighted by molar-refractivity contribution is 0.375. The minimum atomic E-state index is -0.532. The van der Waals surface area contributed by atoms with Crippen LogP contribution in [-0.2, 0) is 10.8 Å². The molecule has 5 nitrogen and oxygen atoms in total. The van der Waals surface area contributed by atoms with Crippen molar-refractivity contribution in [3.05, 3.63) is 184 Å². The van der Waals surface area contributed by atoms with Gasteiger partial charge in [0.2, 0.25) is 0 Å². The second-order valence-corrected chi connectivity index (χ2v) is 16.7. The van der Waals surface area contributed by atoms with Crippen LogP contribution < -0.4 is 9.64 Å². The van der Waals surface area contributed by atoms with Crippen molar-refractivity contribution < 1.29 is 4.74 Å². The fraction of sp³-hybridized carbons (Fsp3) is 0.260. The Hall–Kier alpha value is -5.81. The highest BCUT2D eigenvalue weighted by atomic mass is 16.5. The van der Waals surface area contributed by atoms with Gasteiger partial charge < -0.3 is 9.64 Å². The molecule has 0 N–H and O–H groups in total. The zero-order valence-electron chi connectivity index (χ0n) is 31.9. The lowest BCUT2D eigenvalue weighted by Crippen LogP contribution is -2.45. The molecule has 4 heterocycles. The van der Waals surface area contributed by atoms with Crippen molar-refractivity contribution >= 4 is 16.8 Å². The van der Waals surface area contributed by atoms with Crippen LogP contribution in [0.3, 0.4) is 0 Å². The van der Waals surface area contributed by atoms with Gasteiger partial charge in [0.1, 0.15) is 11.5 Å². The maximum atomic E-state index is 7.25. The van der Waals surface area contributed by atoms with E-state index in [9.17, 15) is 0 Å². The van der Waals surface area contributed by atoms with Crippen LogP contribution in [0, 0.1) is 17.8 Å². The van der Waals surface area contributed by atoms with Crippen LogP contribution in [0.25, 0.3) is 22.5 Å². The van der Waals surface area contributed by atoms with E-state index in [0.717, 1.165) is 59.7 Å². The largest absolute Gasteiger partial charge is 0.456 e. The van der Waals surface area contributed by atoms with Crippen LogP contribution in [0.5, 0.6) is 5.75 Å². The van der Waals surface area contributed by atoms with Gasteiger partial charge in [-0.25, -0.2) is 15.0 Å². The number of fused-ring (bicyclic) bond motifs is 9. The summed E-state index contributed by atoms with van der Waals surface area (Å²) in [5, 5.41) is 0. The van der Waals surface area contributed by atoms with Crippen molar-refractivity contribution in [1.29, 1.82) is 0 Å². The molecule has 0 radical (unpaired) electrons. The number of allylic oxidation sites excluding steroid dienone is 14. The minimum absolute atomic E-state index is 0.108. The van der Waals surface area contributed by atoms with Crippen molar-refractivity contribution in [2.75, 3.05) is 4.90 Å². The molecule has 4 aromatic rings.